The standard InChI is InChI=1S/C23H19F3O5S/c1-4-30-21(27)17-10-7-15(8-11-17)5-6-16-9-12-19-18(13-16)20(14-22(19,2)3)31-32(28,29)23(24,25)26/h7-14H,4H2,1-3H3. The minimum Gasteiger partial charge on any atom is -0.462 e. The Hall–Kier alpha value is -3.25. The molecule has 0 saturated carbocycles. The lowest BCUT2D eigenvalue weighted by atomic mass is 9.87. The molecule has 0 spiro atoms. The topological polar surface area (TPSA) is 69.7 Å². The first-order valence-electron chi connectivity index (χ1n) is 9.52. The molecule has 0 bridgehead atoms. The van der Waals surface area contributed by atoms with Crippen LogP contribution in [-0.2, 0) is 24.5 Å². The Morgan fingerprint density at radius 2 is 1.62 bits per heavy atom. The van der Waals surface area contributed by atoms with E-state index in [1.165, 1.54) is 12.1 Å². The summed E-state index contributed by atoms with van der Waals surface area (Å²) in [5, 5.41) is 0. The molecule has 2 aromatic rings. The molecule has 0 aromatic heterocycles. The van der Waals surface area contributed by atoms with Gasteiger partial charge >= 0.3 is 21.6 Å². The number of hydrogen-bond donors (Lipinski definition) is 0. The highest BCUT2D eigenvalue weighted by Gasteiger charge is 2.50. The second kappa shape index (κ2) is 8.36. The number of rotatable bonds is 4. The van der Waals surface area contributed by atoms with Gasteiger partial charge in [-0.25, -0.2) is 4.79 Å². The van der Waals surface area contributed by atoms with E-state index >= 15 is 0 Å². The van der Waals surface area contributed by atoms with Crippen LogP contribution in [-0.4, -0.2) is 26.5 Å². The van der Waals surface area contributed by atoms with Crippen molar-refractivity contribution in [2.24, 2.45) is 0 Å². The summed E-state index contributed by atoms with van der Waals surface area (Å²) in [7, 11) is -5.80. The predicted octanol–water partition coefficient (Wildman–Crippen LogP) is 4.76. The van der Waals surface area contributed by atoms with Gasteiger partial charge in [0.1, 0.15) is 5.76 Å². The summed E-state index contributed by atoms with van der Waals surface area (Å²) in [5.74, 6) is 4.95. The van der Waals surface area contributed by atoms with Gasteiger partial charge in [-0.15, -0.1) is 0 Å². The van der Waals surface area contributed by atoms with E-state index in [1.807, 2.05) is 0 Å². The highest BCUT2D eigenvalue weighted by atomic mass is 32.2. The molecule has 3 rings (SSSR count). The molecule has 5 nitrogen and oxygen atoms in total. The van der Waals surface area contributed by atoms with Gasteiger partial charge in [0, 0.05) is 22.1 Å². The Kier molecular flexibility index (Phi) is 6.11. The molecule has 0 N–H and O–H groups in total. The fourth-order valence-corrected chi connectivity index (χ4v) is 3.62. The molecule has 0 unspecified atom stereocenters. The Morgan fingerprint density at radius 3 is 2.22 bits per heavy atom. The monoisotopic (exact) mass is 464 g/mol. The minimum absolute atomic E-state index is 0.229. The number of carbonyl (C=O) groups is 1. The first kappa shape index (κ1) is 23.4. The molecule has 0 fully saturated rings. The third-order valence-corrected chi connectivity index (χ3v) is 5.67. The average Bonchev–Trinajstić information content (AvgIpc) is 2.95. The molecule has 32 heavy (non-hydrogen) atoms. The molecule has 2 aromatic carbocycles. The molecule has 1 aliphatic rings. The Morgan fingerprint density at radius 1 is 1.03 bits per heavy atom. The third kappa shape index (κ3) is 4.81. The SMILES string of the molecule is CCOC(=O)c1ccc(C#Cc2ccc3c(c2)C(OS(=O)(=O)C(F)(F)F)=CC3(C)C)cc1. The normalized spacial score (nSPS) is 14.6. The smallest absolute Gasteiger partial charge is 0.462 e. The van der Waals surface area contributed by atoms with E-state index in [1.54, 1.807) is 57.2 Å². The quantitative estimate of drug-likeness (QED) is 0.282. The van der Waals surface area contributed by atoms with Crippen LogP contribution < -0.4 is 0 Å². The summed E-state index contributed by atoms with van der Waals surface area (Å²) in [6.07, 6.45) is 1.34. The van der Waals surface area contributed by atoms with Crippen molar-refractivity contribution in [2.75, 3.05) is 6.61 Å². The Labute approximate surface area is 184 Å². The highest BCUT2D eigenvalue weighted by molar-refractivity contribution is 7.87. The van der Waals surface area contributed by atoms with E-state index < -0.39 is 27.0 Å². The second-order valence-corrected chi connectivity index (χ2v) is 9.06. The number of benzene rings is 2. The second-order valence-electron chi connectivity index (χ2n) is 7.52. The number of halogens is 3. The summed E-state index contributed by atoms with van der Waals surface area (Å²) in [5.41, 5.74) is -3.97. The molecule has 0 radical (unpaired) electrons. The number of esters is 1. The zero-order valence-electron chi connectivity index (χ0n) is 17.4. The summed E-state index contributed by atoms with van der Waals surface area (Å²) < 4.78 is 70.6. The summed E-state index contributed by atoms with van der Waals surface area (Å²) in [4.78, 5) is 11.7. The zero-order chi connectivity index (χ0) is 23.7. The molecule has 0 amide bonds. The fraction of sp³-hybridized carbons (Fsp3) is 0.261. The van der Waals surface area contributed by atoms with Gasteiger partial charge in [0.2, 0.25) is 0 Å². The van der Waals surface area contributed by atoms with Gasteiger partial charge in [0.15, 0.2) is 0 Å². The lowest BCUT2D eigenvalue weighted by Gasteiger charge is -2.16. The largest absolute Gasteiger partial charge is 0.534 e. The number of allylic oxidation sites excluding steroid dienone is 1. The number of ether oxygens (including phenoxy) is 1. The maximum absolute atomic E-state index is 12.8. The van der Waals surface area contributed by atoms with Gasteiger partial charge in [-0.05, 0) is 55.0 Å². The van der Waals surface area contributed by atoms with Gasteiger partial charge in [0.05, 0.1) is 12.2 Å². The van der Waals surface area contributed by atoms with Gasteiger partial charge < -0.3 is 8.92 Å². The van der Waals surface area contributed by atoms with E-state index in [0.29, 0.717) is 22.3 Å². The van der Waals surface area contributed by atoms with Gasteiger partial charge in [0.25, 0.3) is 0 Å². The van der Waals surface area contributed by atoms with Crippen LogP contribution in [0.25, 0.3) is 5.76 Å². The zero-order valence-corrected chi connectivity index (χ0v) is 18.2. The van der Waals surface area contributed by atoms with Crippen molar-refractivity contribution in [1.29, 1.82) is 0 Å². The number of alkyl halides is 3. The number of hydrogen-bond acceptors (Lipinski definition) is 5. The van der Waals surface area contributed by atoms with Crippen LogP contribution in [0.5, 0.6) is 0 Å². The Bertz CT molecular complexity index is 1250. The molecular weight excluding hydrogens is 445 g/mol. The minimum atomic E-state index is -5.80. The van der Waals surface area contributed by atoms with Crippen molar-refractivity contribution in [2.45, 2.75) is 31.7 Å². The number of carbonyl (C=O) groups excluding carboxylic acids is 1. The van der Waals surface area contributed by atoms with Crippen molar-refractivity contribution in [1.82, 2.24) is 0 Å². The van der Waals surface area contributed by atoms with Crippen LogP contribution in [0.15, 0.2) is 48.5 Å². The van der Waals surface area contributed by atoms with Crippen LogP contribution in [0.3, 0.4) is 0 Å². The lowest BCUT2D eigenvalue weighted by molar-refractivity contribution is -0.0509. The summed E-state index contributed by atoms with van der Waals surface area (Å²) in [6, 6.07) is 11.3. The van der Waals surface area contributed by atoms with Crippen molar-refractivity contribution < 1.29 is 35.3 Å². The molecule has 0 atom stereocenters. The average molecular weight is 464 g/mol. The van der Waals surface area contributed by atoms with Gasteiger partial charge in [-0.1, -0.05) is 31.8 Å². The van der Waals surface area contributed by atoms with Gasteiger partial charge in [-0.3, -0.25) is 0 Å². The van der Waals surface area contributed by atoms with Crippen LogP contribution in [0.2, 0.25) is 0 Å². The molecule has 0 aliphatic heterocycles. The van der Waals surface area contributed by atoms with Crippen molar-refractivity contribution in [3.8, 4) is 11.8 Å². The molecule has 168 valence electrons. The number of fused-ring (bicyclic) bond motifs is 1. The van der Waals surface area contributed by atoms with Crippen LogP contribution >= 0.6 is 0 Å². The molecule has 0 saturated heterocycles. The first-order valence-corrected chi connectivity index (χ1v) is 10.9. The molecule has 0 heterocycles. The van der Waals surface area contributed by atoms with E-state index in [9.17, 15) is 26.4 Å². The maximum Gasteiger partial charge on any atom is 0.534 e. The lowest BCUT2D eigenvalue weighted by Crippen LogP contribution is -2.24. The van der Waals surface area contributed by atoms with E-state index in [0.717, 1.165) is 0 Å². The van der Waals surface area contributed by atoms with Crippen LogP contribution in [0.4, 0.5) is 13.2 Å². The highest BCUT2D eigenvalue weighted by Crippen LogP contribution is 2.43. The van der Waals surface area contributed by atoms with Crippen LogP contribution in [0, 0.1) is 11.8 Å². The summed E-state index contributed by atoms with van der Waals surface area (Å²) >= 11 is 0. The molecule has 9 heteroatoms. The van der Waals surface area contributed by atoms with E-state index in [4.69, 9.17) is 4.74 Å². The fourth-order valence-electron chi connectivity index (χ4n) is 3.15. The first-order chi connectivity index (χ1) is 14.8. The van der Waals surface area contributed by atoms with E-state index in [2.05, 4.69) is 16.0 Å². The summed E-state index contributed by atoms with van der Waals surface area (Å²) in [6.45, 7) is 5.44. The molecule has 1 aliphatic carbocycles. The predicted molar refractivity (Wildman–Crippen MR) is 112 cm³/mol. The Balaban J connectivity index is 1.89. The maximum atomic E-state index is 12.8. The molecular formula is C23H19F3O5S. The van der Waals surface area contributed by atoms with Crippen molar-refractivity contribution in [3.63, 3.8) is 0 Å². The van der Waals surface area contributed by atoms with E-state index in [-0.39, 0.29) is 17.9 Å². The van der Waals surface area contributed by atoms with Crippen LogP contribution in [0.1, 0.15) is 53.4 Å². The third-order valence-electron chi connectivity index (χ3n) is 4.70. The van der Waals surface area contributed by atoms with Crippen molar-refractivity contribution >= 4 is 21.8 Å². The van der Waals surface area contributed by atoms with Gasteiger partial charge in [-0.2, -0.15) is 21.6 Å². The van der Waals surface area contributed by atoms with Crippen molar-refractivity contribution in [3.05, 3.63) is 76.4 Å².